The summed E-state index contributed by atoms with van der Waals surface area (Å²) >= 11 is 5.92. The largest absolute Gasteiger partial charge is 0.481 e. The van der Waals surface area contributed by atoms with Gasteiger partial charge in [0, 0.05) is 17.6 Å². The Bertz CT molecular complexity index is 515. The van der Waals surface area contributed by atoms with Crippen molar-refractivity contribution in [1.29, 1.82) is 0 Å². The number of amides is 1. The van der Waals surface area contributed by atoms with Crippen LogP contribution in [0.2, 0.25) is 5.02 Å². The van der Waals surface area contributed by atoms with Crippen molar-refractivity contribution in [3.05, 3.63) is 29.3 Å². The van der Waals surface area contributed by atoms with Crippen LogP contribution < -0.4 is 10.1 Å². The molecule has 5 heteroatoms. The second-order valence-electron chi connectivity index (χ2n) is 6.53. The van der Waals surface area contributed by atoms with Crippen LogP contribution in [0, 0.1) is 5.92 Å². The van der Waals surface area contributed by atoms with E-state index in [1.54, 1.807) is 25.1 Å². The molecule has 128 valence electrons. The zero-order chi connectivity index (χ0) is 16.8. The third-order valence-corrected chi connectivity index (χ3v) is 4.73. The highest BCUT2D eigenvalue weighted by atomic mass is 35.5. The Morgan fingerprint density at radius 1 is 1.39 bits per heavy atom. The van der Waals surface area contributed by atoms with Gasteiger partial charge in [-0.15, -0.1) is 0 Å². The molecule has 1 heterocycles. The van der Waals surface area contributed by atoms with Crippen LogP contribution in [0.4, 0.5) is 0 Å². The van der Waals surface area contributed by atoms with Gasteiger partial charge in [-0.25, -0.2) is 0 Å². The van der Waals surface area contributed by atoms with Gasteiger partial charge >= 0.3 is 0 Å². The molecule has 1 aliphatic rings. The SMILES string of the molecule is CC1CCN([C@H](C)CNC(=O)[C@@H](C)Oc2cccc(Cl)c2)CC1. The highest BCUT2D eigenvalue weighted by Gasteiger charge is 2.22. The average Bonchev–Trinajstić information content (AvgIpc) is 2.53. The van der Waals surface area contributed by atoms with E-state index in [4.69, 9.17) is 16.3 Å². The molecule has 0 aliphatic carbocycles. The van der Waals surface area contributed by atoms with Gasteiger partial charge in [0.15, 0.2) is 6.10 Å². The summed E-state index contributed by atoms with van der Waals surface area (Å²) in [6, 6.07) is 7.45. The summed E-state index contributed by atoms with van der Waals surface area (Å²) in [6.07, 6.45) is 1.95. The number of benzene rings is 1. The lowest BCUT2D eigenvalue weighted by Gasteiger charge is -2.35. The number of carbonyl (C=O) groups excluding carboxylic acids is 1. The normalized spacial score (nSPS) is 19.1. The first-order valence-electron chi connectivity index (χ1n) is 8.39. The van der Waals surface area contributed by atoms with Crippen LogP contribution >= 0.6 is 11.6 Å². The molecule has 1 aliphatic heterocycles. The molecule has 0 bridgehead atoms. The Morgan fingerprint density at radius 2 is 2.09 bits per heavy atom. The van der Waals surface area contributed by atoms with Crippen molar-refractivity contribution in [3.8, 4) is 5.75 Å². The van der Waals surface area contributed by atoms with Crippen LogP contribution in [0.5, 0.6) is 5.75 Å². The van der Waals surface area contributed by atoms with E-state index in [-0.39, 0.29) is 5.91 Å². The van der Waals surface area contributed by atoms with Crippen molar-refractivity contribution in [2.24, 2.45) is 5.92 Å². The zero-order valence-corrected chi connectivity index (χ0v) is 15.0. The summed E-state index contributed by atoms with van der Waals surface area (Å²) < 4.78 is 5.64. The molecule has 1 fully saturated rings. The predicted octanol–water partition coefficient (Wildman–Crippen LogP) is 3.34. The van der Waals surface area contributed by atoms with E-state index in [9.17, 15) is 4.79 Å². The van der Waals surface area contributed by atoms with Gasteiger partial charge in [-0.05, 0) is 63.9 Å². The number of hydrogen-bond acceptors (Lipinski definition) is 3. The minimum absolute atomic E-state index is 0.0952. The van der Waals surface area contributed by atoms with Crippen LogP contribution in [0.3, 0.4) is 0 Å². The van der Waals surface area contributed by atoms with Crippen molar-refractivity contribution in [3.63, 3.8) is 0 Å². The van der Waals surface area contributed by atoms with Gasteiger partial charge in [0.2, 0.25) is 0 Å². The number of carbonyl (C=O) groups is 1. The van der Waals surface area contributed by atoms with E-state index in [1.807, 2.05) is 6.07 Å². The van der Waals surface area contributed by atoms with Crippen LogP contribution in [0.25, 0.3) is 0 Å². The monoisotopic (exact) mass is 338 g/mol. The van der Waals surface area contributed by atoms with Crippen molar-refractivity contribution in [2.45, 2.75) is 45.8 Å². The van der Waals surface area contributed by atoms with E-state index in [0.29, 0.717) is 23.4 Å². The lowest BCUT2D eigenvalue weighted by atomic mass is 9.98. The molecule has 1 aromatic carbocycles. The maximum Gasteiger partial charge on any atom is 0.260 e. The molecule has 4 nitrogen and oxygen atoms in total. The Hall–Kier alpha value is -1.26. The first-order chi connectivity index (χ1) is 11.0. The van der Waals surface area contributed by atoms with Gasteiger partial charge in [-0.2, -0.15) is 0 Å². The third kappa shape index (κ3) is 5.70. The van der Waals surface area contributed by atoms with E-state index in [2.05, 4.69) is 24.1 Å². The van der Waals surface area contributed by atoms with Crippen LogP contribution in [0.15, 0.2) is 24.3 Å². The number of halogens is 1. The lowest BCUT2D eigenvalue weighted by molar-refractivity contribution is -0.127. The molecular weight excluding hydrogens is 312 g/mol. The van der Waals surface area contributed by atoms with Crippen molar-refractivity contribution in [2.75, 3.05) is 19.6 Å². The Balaban J connectivity index is 1.75. The predicted molar refractivity (Wildman–Crippen MR) is 94.0 cm³/mol. The molecule has 1 aromatic rings. The number of nitrogens with one attached hydrogen (secondary N) is 1. The highest BCUT2D eigenvalue weighted by Crippen LogP contribution is 2.19. The van der Waals surface area contributed by atoms with Gasteiger partial charge in [0.05, 0.1) is 0 Å². The Kier molecular flexibility index (Phi) is 6.72. The second kappa shape index (κ2) is 8.55. The highest BCUT2D eigenvalue weighted by molar-refractivity contribution is 6.30. The standard InChI is InChI=1S/C18H27ClN2O2/c1-13-7-9-21(10-8-13)14(2)12-20-18(22)15(3)23-17-6-4-5-16(19)11-17/h4-6,11,13-15H,7-10,12H2,1-3H3,(H,20,22)/t14-,15-/m1/s1. The van der Waals surface area contributed by atoms with Gasteiger partial charge in [0.25, 0.3) is 5.91 Å². The quantitative estimate of drug-likeness (QED) is 0.865. The molecule has 0 radical (unpaired) electrons. The Morgan fingerprint density at radius 3 is 2.74 bits per heavy atom. The topological polar surface area (TPSA) is 41.6 Å². The fraction of sp³-hybridized carbons (Fsp3) is 0.611. The van der Waals surface area contributed by atoms with Crippen LogP contribution in [0.1, 0.15) is 33.6 Å². The fourth-order valence-electron chi connectivity index (χ4n) is 2.79. The molecule has 0 spiro atoms. The average molecular weight is 339 g/mol. The first-order valence-corrected chi connectivity index (χ1v) is 8.77. The van der Waals surface area contributed by atoms with Crippen molar-refractivity contribution >= 4 is 17.5 Å². The number of rotatable bonds is 6. The number of nitrogens with zero attached hydrogens (tertiary/aromatic N) is 1. The Labute approximate surface area is 144 Å². The number of hydrogen-bond donors (Lipinski definition) is 1. The maximum atomic E-state index is 12.2. The maximum absolute atomic E-state index is 12.2. The summed E-state index contributed by atoms with van der Waals surface area (Å²) in [5, 5.41) is 3.59. The smallest absolute Gasteiger partial charge is 0.260 e. The summed E-state index contributed by atoms with van der Waals surface area (Å²) in [4.78, 5) is 14.6. The van der Waals surface area contributed by atoms with E-state index in [1.165, 1.54) is 12.8 Å². The zero-order valence-electron chi connectivity index (χ0n) is 14.2. The third-order valence-electron chi connectivity index (χ3n) is 4.49. The molecule has 1 amide bonds. The molecule has 0 aromatic heterocycles. The summed E-state index contributed by atoms with van der Waals surface area (Å²) in [6.45, 7) is 9.11. The number of ether oxygens (including phenoxy) is 1. The second-order valence-corrected chi connectivity index (χ2v) is 6.97. The first kappa shape index (κ1) is 18.1. The van der Waals surface area contributed by atoms with Crippen molar-refractivity contribution in [1.82, 2.24) is 10.2 Å². The molecule has 1 N–H and O–H groups in total. The molecule has 1 saturated heterocycles. The molecule has 2 rings (SSSR count). The summed E-state index contributed by atoms with van der Waals surface area (Å²) in [5.41, 5.74) is 0. The van der Waals surface area contributed by atoms with Gasteiger partial charge in [-0.1, -0.05) is 24.6 Å². The van der Waals surface area contributed by atoms with Crippen LogP contribution in [-0.2, 0) is 4.79 Å². The lowest BCUT2D eigenvalue weighted by Crippen LogP contribution is -2.47. The van der Waals surface area contributed by atoms with E-state index in [0.717, 1.165) is 19.0 Å². The van der Waals surface area contributed by atoms with Crippen molar-refractivity contribution < 1.29 is 9.53 Å². The van der Waals surface area contributed by atoms with Gasteiger partial charge in [-0.3, -0.25) is 9.69 Å². The number of likely N-dealkylation sites (tertiary alicyclic amines) is 1. The number of piperidine rings is 1. The summed E-state index contributed by atoms with van der Waals surface area (Å²) in [7, 11) is 0. The van der Waals surface area contributed by atoms with E-state index < -0.39 is 6.10 Å². The molecule has 2 atom stereocenters. The minimum atomic E-state index is -0.540. The van der Waals surface area contributed by atoms with Gasteiger partial charge in [0.1, 0.15) is 5.75 Å². The molecular formula is C18H27ClN2O2. The van der Waals surface area contributed by atoms with E-state index >= 15 is 0 Å². The molecule has 0 unspecified atom stereocenters. The fourth-order valence-corrected chi connectivity index (χ4v) is 2.97. The van der Waals surface area contributed by atoms with Gasteiger partial charge < -0.3 is 10.1 Å². The minimum Gasteiger partial charge on any atom is -0.481 e. The summed E-state index contributed by atoms with van der Waals surface area (Å²) in [5.74, 6) is 1.33. The molecule has 0 saturated carbocycles. The molecule has 23 heavy (non-hydrogen) atoms. The van der Waals surface area contributed by atoms with Crippen LogP contribution in [-0.4, -0.2) is 42.6 Å².